The molecule has 0 aliphatic rings. The van der Waals surface area contributed by atoms with E-state index in [0.29, 0.717) is 11.1 Å². The van der Waals surface area contributed by atoms with Gasteiger partial charge in [-0.25, -0.2) is 0 Å². The van der Waals surface area contributed by atoms with Crippen LogP contribution in [0.4, 0.5) is 0 Å². The molecule has 0 spiro atoms. The van der Waals surface area contributed by atoms with Gasteiger partial charge < -0.3 is 0 Å². The molecule has 2 aromatic carbocycles. The second-order valence-corrected chi connectivity index (χ2v) is 7.46. The lowest BCUT2D eigenvalue weighted by Crippen LogP contribution is -2.34. The fraction of sp³-hybridized carbons (Fsp3) is 0.176. The molecule has 0 aliphatic heterocycles. The van der Waals surface area contributed by atoms with Gasteiger partial charge in [-0.05, 0) is 83.3 Å². The van der Waals surface area contributed by atoms with E-state index in [1.165, 1.54) is 11.9 Å². The number of nitrogens with zero attached hydrogens (tertiary/aromatic N) is 1. The highest BCUT2D eigenvalue weighted by Gasteiger charge is 2.23. The van der Waals surface area contributed by atoms with E-state index in [1.807, 2.05) is 50.2 Å². The molecule has 2 amide bonds. The number of carbonyl (C=O) groups is 2. The number of imide groups is 1. The molecule has 0 heterocycles. The van der Waals surface area contributed by atoms with E-state index in [2.05, 4.69) is 45.2 Å². The number of aryl methyl sites for hydroxylation is 2. The molecule has 22 heavy (non-hydrogen) atoms. The molecule has 0 radical (unpaired) electrons. The molecule has 0 bridgehead atoms. The minimum absolute atomic E-state index is 0.282. The first-order valence-electron chi connectivity index (χ1n) is 6.66. The summed E-state index contributed by atoms with van der Waals surface area (Å²) in [5, 5.41) is 0. The minimum atomic E-state index is -0.282. The average molecular weight is 519 g/mol. The topological polar surface area (TPSA) is 37.4 Å². The molecule has 0 saturated heterocycles. The van der Waals surface area contributed by atoms with Gasteiger partial charge in [-0.2, -0.15) is 0 Å². The van der Waals surface area contributed by atoms with Gasteiger partial charge in [0.2, 0.25) is 0 Å². The molecule has 114 valence electrons. The monoisotopic (exact) mass is 519 g/mol. The van der Waals surface area contributed by atoms with Crippen molar-refractivity contribution in [1.82, 2.24) is 4.90 Å². The Kier molecular flexibility index (Phi) is 5.60. The highest BCUT2D eigenvalue weighted by molar-refractivity contribution is 14.1. The zero-order chi connectivity index (χ0) is 16.4. The van der Waals surface area contributed by atoms with Gasteiger partial charge in [0.15, 0.2) is 0 Å². The number of hydrogen-bond donors (Lipinski definition) is 0. The number of halogens is 2. The molecule has 0 aromatic heterocycles. The summed E-state index contributed by atoms with van der Waals surface area (Å²) in [7, 11) is 1.53. The quantitative estimate of drug-likeness (QED) is 0.436. The van der Waals surface area contributed by atoms with Gasteiger partial charge in [-0.3, -0.25) is 14.5 Å². The molecule has 0 atom stereocenters. The summed E-state index contributed by atoms with van der Waals surface area (Å²) >= 11 is 4.23. The minimum Gasteiger partial charge on any atom is -0.277 e. The Labute approximate surface area is 157 Å². The fourth-order valence-corrected chi connectivity index (χ4v) is 3.19. The average Bonchev–Trinajstić information content (AvgIpc) is 2.50. The normalized spacial score (nSPS) is 10.4. The molecular weight excluding hydrogens is 504 g/mol. The van der Waals surface area contributed by atoms with Gasteiger partial charge in [0.05, 0.1) is 11.1 Å². The van der Waals surface area contributed by atoms with Crippen molar-refractivity contribution in [1.29, 1.82) is 0 Å². The Balaban J connectivity index is 2.36. The summed E-state index contributed by atoms with van der Waals surface area (Å²) in [6.07, 6.45) is 0. The summed E-state index contributed by atoms with van der Waals surface area (Å²) in [6.45, 7) is 3.86. The first kappa shape index (κ1) is 17.4. The third-order valence-electron chi connectivity index (χ3n) is 3.31. The van der Waals surface area contributed by atoms with Crippen molar-refractivity contribution in [3.63, 3.8) is 0 Å². The second kappa shape index (κ2) is 7.08. The van der Waals surface area contributed by atoms with Crippen LogP contribution >= 0.6 is 45.2 Å². The SMILES string of the molecule is Cc1ccc(I)c(C(=O)N(C)C(=O)c2cc(C)ccc2I)c1. The predicted molar refractivity (Wildman–Crippen MR) is 104 cm³/mol. The van der Waals surface area contributed by atoms with Crippen molar-refractivity contribution in [2.45, 2.75) is 13.8 Å². The van der Waals surface area contributed by atoms with Crippen LogP contribution in [0, 0.1) is 21.0 Å². The molecule has 2 aromatic rings. The van der Waals surface area contributed by atoms with Crippen LogP contribution < -0.4 is 0 Å². The third kappa shape index (κ3) is 3.68. The molecule has 0 fully saturated rings. The van der Waals surface area contributed by atoms with E-state index in [-0.39, 0.29) is 11.8 Å². The Morgan fingerprint density at radius 3 is 1.55 bits per heavy atom. The zero-order valence-electron chi connectivity index (χ0n) is 12.5. The van der Waals surface area contributed by atoms with Gasteiger partial charge in [-0.15, -0.1) is 0 Å². The van der Waals surface area contributed by atoms with Crippen LogP contribution in [0.15, 0.2) is 36.4 Å². The van der Waals surface area contributed by atoms with Crippen LogP contribution in [0.2, 0.25) is 0 Å². The van der Waals surface area contributed by atoms with Crippen molar-refractivity contribution < 1.29 is 9.59 Å². The standard InChI is InChI=1S/C17H15I2NO2/c1-10-4-6-14(18)12(8-10)16(21)20(3)17(22)13-9-11(2)5-7-15(13)19/h4-9H,1-3H3. The van der Waals surface area contributed by atoms with Crippen molar-refractivity contribution in [2.75, 3.05) is 7.05 Å². The first-order chi connectivity index (χ1) is 10.3. The number of amides is 2. The van der Waals surface area contributed by atoms with Gasteiger partial charge >= 0.3 is 0 Å². The Bertz CT molecular complexity index is 693. The summed E-state index contributed by atoms with van der Waals surface area (Å²) in [6, 6.07) is 11.3. The van der Waals surface area contributed by atoms with Crippen LogP contribution in [0.25, 0.3) is 0 Å². The maximum atomic E-state index is 12.6. The fourth-order valence-electron chi connectivity index (χ4n) is 2.06. The summed E-state index contributed by atoms with van der Waals surface area (Å²) in [4.78, 5) is 26.4. The summed E-state index contributed by atoms with van der Waals surface area (Å²) in [5.41, 5.74) is 3.10. The molecule has 0 aliphatic carbocycles. The highest BCUT2D eigenvalue weighted by atomic mass is 127. The van der Waals surface area contributed by atoms with Crippen LogP contribution in [0.3, 0.4) is 0 Å². The van der Waals surface area contributed by atoms with E-state index in [1.54, 1.807) is 0 Å². The third-order valence-corrected chi connectivity index (χ3v) is 5.20. The molecule has 0 unspecified atom stereocenters. The molecular formula is C17H15I2NO2. The van der Waals surface area contributed by atoms with E-state index in [0.717, 1.165) is 18.3 Å². The smallest absolute Gasteiger partial charge is 0.261 e. The van der Waals surface area contributed by atoms with E-state index in [9.17, 15) is 9.59 Å². The predicted octanol–water partition coefficient (Wildman–Crippen LogP) is 4.43. The lowest BCUT2D eigenvalue weighted by atomic mass is 10.1. The number of carbonyl (C=O) groups excluding carboxylic acids is 2. The van der Waals surface area contributed by atoms with Crippen LogP contribution in [-0.2, 0) is 0 Å². The van der Waals surface area contributed by atoms with Crippen molar-refractivity contribution in [2.24, 2.45) is 0 Å². The molecule has 0 saturated carbocycles. The van der Waals surface area contributed by atoms with Gasteiger partial charge in [0.25, 0.3) is 11.8 Å². The van der Waals surface area contributed by atoms with Gasteiger partial charge in [-0.1, -0.05) is 23.3 Å². The van der Waals surface area contributed by atoms with Crippen LogP contribution in [0.1, 0.15) is 31.8 Å². The maximum Gasteiger partial charge on any atom is 0.261 e. The first-order valence-corrected chi connectivity index (χ1v) is 8.81. The van der Waals surface area contributed by atoms with Crippen molar-refractivity contribution in [3.05, 3.63) is 65.8 Å². The van der Waals surface area contributed by atoms with E-state index in [4.69, 9.17) is 0 Å². The van der Waals surface area contributed by atoms with Gasteiger partial charge in [0.1, 0.15) is 0 Å². The Morgan fingerprint density at radius 2 is 1.18 bits per heavy atom. The number of hydrogen-bond acceptors (Lipinski definition) is 2. The van der Waals surface area contributed by atoms with E-state index < -0.39 is 0 Å². The Morgan fingerprint density at radius 1 is 0.818 bits per heavy atom. The molecule has 3 nitrogen and oxygen atoms in total. The second-order valence-electron chi connectivity index (χ2n) is 5.14. The zero-order valence-corrected chi connectivity index (χ0v) is 16.8. The van der Waals surface area contributed by atoms with Gasteiger partial charge in [0, 0.05) is 14.2 Å². The molecule has 0 N–H and O–H groups in total. The van der Waals surface area contributed by atoms with Crippen molar-refractivity contribution in [3.8, 4) is 0 Å². The van der Waals surface area contributed by atoms with Crippen molar-refractivity contribution >= 4 is 57.0 Å². The number of rotatable bonds is 2. The molecule has 2 rings (SSSR count). The van der Waals surface area contributed by atoms with E-state index >= 15 is 0 Å². The lowest BCUT2D eigenvalue weighted by molar-refractivity contribution is 0.0654. The number of benzene rings is 2. The largest absolute Gasteiger partial charge is 0.277 e. The molecule has 5 heteroatoms. The summed E-state index contributed by atoms with van der Waals surface area (Å²) in [5.74, 6) is -0.564. The maximum absolute atomic E-state index is 12.6. The Hall–Kier alpha value is -0.960. The summed E-state index contributed by atoms with van der Waals surface area (Å²) < 4.78 is 1.68. The highest BCUT2D eigenvalue weighted by Crippen LogP contribution is 2.20. The lowest BCUT2D eigenvalue weighted by Gasteiger charge is -2.18. The van der Waals surface area contributed by atoms with Crippen LogP contribution in [0.5, 0.6) is 0 Å². The van der Waals surface area contributed by atoms with Crippen LogP contribution in [-0.4, -0.2) is 23.8 Å².